The zero-order valence-electron chi connectivity index (χ0n) is 10.1. The van der Waals surface area contributed by atoms with Gasteiger partial charge in [-0.25, -0.2) is 0 Å². The van der Waals surface area contributed by atoms with Crippen LogP contribution in [0.1, 0.15) is 26.5 Å². The number of carbonyl (C=O) groups excluding carboxylic acids is 1. The minimum Gasteiger partial charge on any atom is -0.363 e. The first kappa shape index (κ1) is 13.0. The number of thioether (sulfide) groups is 1. The van der Waals surface area contributed by atoms with Crippen molar-refractivity contribution >= 4 is 29.0 Å². The van der Waals surface area contributed by atoms with Crippen LogP contribution < -0.4 is 5.73 Å². The monoisotopic (exact) mass is 279 g/mol. The van der Waals surface area contributed by atoms with Gasteiger partial charge in [0.2, 0.25) is 5.01 Å². The molecule has 0 saturated heterocycles. The maximum atomic E-state index is 10.9. The van der Waals surface area contributed by atoms with Crippen molar-refractivity contribution in [3.8, 4) is 0 Å². The van der Waals surface area contributed by atoms with E-state index in [9.17, 15) is 4.79 Å². The molecule has 2 rings (SSSR count). The highest BCUT2D eigenvalue weighted by atomic mass is 32.2. The molecule has 0 unspecified atom stereocenters. The summed E-state index contributed by atoms with van der Waals surface area (Å²) in [5.41, 5.74) is 8.93. The number of hydrogen-bond donors (Lipinski definition) is 1. The summed E-state index contributed by atoms with van der Waals surface area (Å²) in [6.07, 6.45) is 0. The highest BCUT2D eigenvalue weighted by Crippen LogP contribution is 2.26. The molecule has 1 aromatic heterocycles. The van der Waals surface area contributed by atoms with Crippen LogP contribution in [0.25, 0.3) is 0 Å². The topological polar surface area (TPSA) is 68.9 Å². The molecule has 0 aliphatic rings. The predicted molar refractivity (Wildman–Crippen MR) is 73.9 cm³/mol. The standard InChI is InChI=1S/C12H13N3OS2/c1-7-3-4-9(5-8(7)2)6-17-12-15-14-11(18-12)10(13)16/h3-5H,6H2,1-2H3,(H2,13,16). The van der Waals surface area contributed by atoms with Gasteiger partial charge in [-0.1, -0.05) is 41.3 Å². The minimum absolute atomic E-state index is 0.262. The van der Waals surface area contributed by atoms with Crippen LogP contribution in [0.15, 0.2) is 22.5 Å². The zero-order chi connectivity index (χ0) is 13.1. The lowest BCUT2D eigenvalue weighted by Gasteiger charge is -2.03. The molecule has 94 valence electrons. The summed E-state index contributed by atoms with van der Waals surface area (Å²) in [5, 5.41) is 7.92. The van der Waals surface area contributed by atoms with Gasteiger partial charge < -0.3 is 5.73 Å². The third-order valence-corrected chi connectivity index (χ3v) is 4.69. The van der Waals surface area contributed by atoms with Crippen LogP contribution in [0.4, 0.5) is 0 Å². The smallest absolute Gasteiger partial charge is 0.279 e. The molecule has 0 aliphatic carbocycles. The number of primary amides is 1. The van der Waals surface area contributed by atoms with Crippen molar-refractivity contribution in [1.82, 2.24) is 10.2 Å². The fourth-order valence-electron chi connectivity index (χ4n) is 1.41. The molecule has 1 amide bonds. The zero-order valence-corrected chi connectivity index (χ0v) is 11.8. The Kier molecular flexibility index (Phi) is 3.98. The largest absolute Gasteiger partial charge is 0.363 e. The molecule has 0 radical (unpaired) electrons. The van der Waals surface area contributed by atoms with E-state index in [1.807, 2.05) is 0 Å². The average molecular weight is 279 g/mol. The van der Waals surface area contributed by atoms with Gasteiger partial charge in [0.05, 0.1) is 0 Å². The Morgan fingerprint density at radius 2 is 2.11 bits per heavy atom. The molecule has 2 aromatic rings. The van der Waals surface area contributed by atoms with Gasteiger partial charge in [0.1, 0.15) is 0 Å². The quantitative estimate of drug-likeness (QED) is 0.873. The normalized spacial score (nSPS) is 10.6. The number of aryl methyl sites for hydroxylation is 2. The van der Waals surface area contributed by atoms with Crippen LogP contribution in [0.3, 0.4) is 0 Å². The molecule has 18 heavy (non-hydrogen) atoms. The number of nitrogens with two attached hydrogens (primary N) is 1. The van der Waals surface area contributed by atoms with E-state index in [0.29, 0.717) is 0 Å². The van der Waals surface area contributed by atoms with Gasteiger partial charge in [-0.05, 0) is 30.5 Å². The van der Waals surface area contributed by atoms with Crippen molar-refractivity contribution in [3.05, 3.63) is 39.9 Å². The molecule has 0 spiro atoms. The van der Waals surface area contributed by atoms with Crippen LogP contribution in [0.5, 0.6) is 0 Å². The number of carbonyl (C=O) groups is 1. The minimum atomic E-state index is -0.523. The van der Waals surface area contributed by atoms with Crippen molar-refractivity contribution in [2.75, 3.05) is 0 Å². The first-order valence-corrected chi connectivity index (χ1v) is 7.18. The summed E-state index contributed by atoms with van der Waals surface area (Å²) < 4.78 is 0.766. The van der Waals surface area contributed by atoms with Gasteiger partial charge in [0, 0.05) is 5.75 Å². The van der Waals surface area contributed by atoms with E-state index in [4.69, 9.17) is 5.73 Å². The average Bonchev–Trinajstić information content (AvgIpc) is 2.79. The Labute approximate surface area is 114 Å². The van der Waals surface area contributed by atoms with E-state index < -0.39 is 5.91 Å². The summed E-state index contributed by atoms with van der Waals surface area (Å²) in [4.78, 5) is 10.9. The molecule has 0 saturated carbocycles. The van der Waals surface area contributed by atoms with E-state index in [2.05, 4.69) is 42.2 Å². The lowest BCUT2D eigenvalue weighted by atomic mass is 10.1. The molecule has 6 heteroatoms. The summed E-state index contributed by atoms with van der Waals surface area (Å²) in [6.45, 7) is 4.19. The van der Waals surface area contributed by atoms with E-state index in [0.717, 1.165) is 10.1 Å². The Balaban J connectivity index is 2.02. The second-order valence-electron chi connectivity index (χ2n) is 3.94. The Morgan fingerprint density at radius 1 is 1.33 bits per heavy atom. The number of aromatic nitrogens is 2. The van der Waals surface area contributed by atoms with Crippen LogP contribution in [0.2, 0.25) is 0 Å². The Hall–Kier alpha value is -1.40. The van der Waals surface area contributed by atoms with Crippen molar-refractivity contribution < 1.29 is 4.79 Å². The molecule has 0 atom stereocenters. The molecular weight excluding hydrogens is 266 g/mol. The molecule has 4 nitrogen and oxygen atoms in total. The van der Waals surface area contributed by atoms with Crippen molar-refractivity contribution in [1.29, 1.82) is 0 Å². The molecule has 2 N–H and O–H groups in total. The molecule has 1 heterocycles. The summed E-state index contributed by atoms with van der Waals surface area (Å²) in [6, 6.07) is 6.38. The summed E-state index contributed by atoms with van der Waals surface area (Å²) in [5.74, 6) is 0.291. The summed E-state index contributed by atoms with van der Waals surface area (Å²) >= 11 is 2.80. The highest BCUT2D eigenvalue weighted by molar-refractivity contribution is 8.00. The van der Waals surface area contributed by atoms with Crippen molar-refractivity contribution in [3.63, 3.8) is 0 Å². The van der Waals surface area contributed by atoms with Crippen LogP contribution in [-0.2, 0) is 5.75 Å². The third-order valence-electron chi connectivity index (χ3n) is 2.55. The highest BCUT2D eigenvalue weighted by Gasteiger charge is 2.09. The summed E-state index contributed by atoms with van der Waals surface area (Å²) in [7, 11) is 0. The van der Waals surface area contributed by atoms with Gasteiger partial charge in [-0.3, -0.25) is 4.79 Å². The number of nitrogens with zero attached hydrogens (tertiary/aromatic N) is 2. The number of benzene rings is 1. The molecule has 0 aliphatic heterocycles. The second-order valence-corrected chi connectivity index (χ2v) is 6.14. The lowest BCUT2D eigenvalue weighted by Crippen LogP contribution is -2.10. The van der Waals surface area contributed by atoms with Gasteiger partial charge in [0.25, 0.3) is 5.91 Å². The fourth-order valence-corrected chi connectivity index (χ4v) is 3.05. The van der Waals surface area contributed by atoms with Gasteiger partial charge in [-0.2, -0.15) is 0 Å². The maximum absolute atomic E-state index is 10.9. The van der Waals surface area contributed by atoms with E-state index in [1.165, 1.54) is 28.0 Å². The van der Waals surface area contributed by atoms with E-state index in [-0.39, 0.29) is 5.01 Å². The first-order valence-electron chi connectivity index (χ1n) is 5.38. The number of hydrogen-bond acceptors (Lipinski definition) is 5. The van der Waals surface area contributed by atoms with Crippen LogP contribution in [-0.4, -0.2) is 16.1 Å². The van der Waals surface area contributed by atoms with Gasteiger partial charge in [-0.15, -0.1) is 10.2 Å². The van der Waals surface area contributed by atoms with Crippen molar-refractivity contribution in [2.45, 2.75) is 23.9 Å². The molecular formula is C12H13N3OS2. The third kappa shape index (κ3) is 3.08. The molecule has 1 aromatic carbocycles. The first-order chi connectivity index (χ1) is 8.56. The SMILES string of the molecule is Cc1ccc(CSc2nnc(C(N)=O)s2)cc1C. The Bertz CT molecular complexity index is 580. The maximum Gasteiger partial charge on any atom is 0.279 e. The molecule has 0 bridgehead atoms. The number of amides is 1. The second kappa shape index (κ2) is 5.49. The molecule has 0 fully saturated rings. The van der Waals surface area contributed by atoms with Crippen molar-refractivity contribution in [2.24, 2.45) is 5.73 Å². The Morgan fingerprint density at radius 3 is 2.72 bits per heavy atom. The number of rotatable bonds is 4. The van der Waals surface area contributed by atoms with Gasteiger partial charge in [0.15, 0.2) is 4.34 Å². The van der Waals surface area contributed by atoms with Crippen LogP contribution in [0, 0.1) is 13.8 Å². The lowest BCUT2D eigenvalue weighted by molar-refractivity contribution is 0.0999. The fraction of sp³-hybridized carbons (Fsp3) is 0.250. The van der Waals surface area contributed by atoms with E-state index >= 15 is 0 Å². The van der Waals surface area contributed by atoms with Crippen LogP contribution >= 0.6 is 23.1 Å². The predicted octanol–water partition coefficient (Wildman–Crippen LogP) is 2.55. The van der Waals surface area contributed by atoms with E-state index in [1.54, 1.807) is 11.8 Å². The van der Waals surface area contributed by atoms with Gasteiger partial charge >= 0.3 is 0 Å².